The van der Waals surface area contributed by atoms with Gasteiger partial charge >= 0.3 is 0 Å². The number of nitrogens with one attached hydrogen (secondary N) is 2. The van der Waals surface area contributed by atoms with Gasteiger partial charge in [0.05, 0.1) is 16.6 Å². The first-order valence-electron chi connectivity index (χ1n) is 12.9. The van der Waals surface area contributed by atoms with Gasteiger partial charge in [-0.2, -0.15) is 0 Å². The maximum absolute atomic E-state index is 13.8. The number of aromatic amines is 2. The lowest BCUT2D eigenvalue weighted by Gasteiger charge is -2.22. The van der Waals surface area contributed by atoms with Crippen molar-refractivity contribution in [3.05, 3.63) is 80.6 Å². The van der Waals surface area contributed by atoms with Crippen LogP contribution in [0.3, 0.4) is 0 Å². The van der Waals surface area contributed by atoms with Gasteiger partial charge in [-0.3, -0.25) is 9.59 Å². The van der Waals surface area contributed by atoms with E-state index in [9.17, 15) is 9.59 Å². The third-order valence-corrected chi connectivity index (χ3v) is 7.09. The van der Waals surface area contributed by atoms with Crippen molar-refractivity contribution in [3.63, 3.8) is 0 Å². The molecule has 0 amide bonds. The highest BCUT2D eigenvalue weighted by atomic mass is 16.1. The van der Waals surface area contributed by atoms with E-state index in [4.69, 9.17) is 0 Å². The molecule has 0 spiro atoms. The summed E-state index contributed by atoms with van der Waals surface area (Å²) in [4.78, 5) is 36.2. The molecule has 5 nitrogen and oxygen atoms in total. The Balaban J connectivity index is 1.60. The predicted octanol–water partition coefficient (Wildman–Crippen LogP) is 6.12. The van der Waals surface area contributed by atoms with Crippen LogP contribution in [0.1, 0.15) is 45.1 Å². The van der Waals surface area contributed by atoms with Gasteiger partial charge in [0.1, 0.15) is 0 Å². The molecule has 5 heteroatoms. The molecule has 0 saturated carbocycles. The van der Waals surface area contributed by atoms with Crippen LogP contribution in [0.2, 0.25) is 0 Å². The third-order valence-electron chi connectivity index (χ3n) is 7.09. The fraction of sp³-hybridized carbons (Fsp3) is 0.333. The highest BCUT2D eigenvalue weighted by Gasteiger charge is 2.14. The van der Waals surface area contributed by atoms with Gasteiger partial charge in [0, 0.05) is 33.6 Å². The molecule has 2 aromatic heterocycles. The summed E-state index contributed by atoms with van der Waals surface area (Å²) in [7, 11) is 0. The fourth-order valence-corrected chi connectivity index (χ4v) is 5.10. The quantitative estimate of drug-likeness (QED) is 0.257. The van der Waals surface area contributed by atoms with Crippen LogP contribution < -0.4 is 10.9 Å². The van der Waals surface area contributed by atoms with Gasteiger partial charge < -0.3 is 14.9 Å². The van der Waals surface area contributed by atoms with Gasteiger partial charge in [-0.25, -0.2) is 0 Å². The van der Waals surface area contributed by atoms with E-state index in [1.54, 1.807) is 0 Å². The Labute approximate surface area is 204 Å². The van der Waals surface area contributed by atoms with Gasteiger partial charge in [0.25, 0.3) is 0 Å². The molecular formula is C30H33N3O2. The topological polar surface area (TPSA) is 69.0 Å². The number of para-hydroxylation sites is 1. The second kappa shape index (κ2) is 10.0. The standard InChI is InChI=1S/C30H33N3O2/c1-3-5-15-33(16-6-4-2)17-14-20-10-9-13-25-28(20)30(35)23-19-26-22(18-27(23)32-25)29(34)21-11-7-8-12-24(21)31-26/h7-13,18-19H,3-6,14-17H2,1-2H3,(H,31,34)(H,32,35). The lowest BCUT2D eigenvalue weighted by Crippen LogP contribution is -2.28. The minimum absolute atomic E-state index is 0.0222. The molecular weight excluding hydrogens is 434 g/mol. The van der Waals surface area contributed by atoms with Crippen LogP contribution in [0.5, 0.6) is 0 Å². The second-order valence-electron chi connectivity index (χ2n) is 9.54. The van der Waals surface area contributed by atoms with Gasteiger partial charge in [-0.1, -0.05) is 51.0 Å². The van der Waals surface area contributed by atoms with Crippen LogP contribution in [0.4, 0.5) is 0 Å². The van der Waals surface area contributed by atoms with Crippen molar-refractivity contribution in [1.82, 2.24) is 14.9 Å². The summed E-state index contributed by atoms with van der Waals surface area (Å²) in [6, 6.07) is 17.2. The number of hydrogen-bond acceptors (Lipinski definition) is 3. The molecule has 0 bridgehead atoms. The number of fused-ring (bicyclic) bond motifs is 4. The van der Waals surface area contributed by atoms with Gasteiger partial charge in [0.15, 0.2) is 10.9 Å². The number of nitrogens with zero attached hydrogens (tertiary/aromatic N) is 1. The number of pyridine rings is 2. The molecule has 0 aliphatic carbocycles. The zero-order valence-corrected chi connectivity index (χ0v) is 20.6. The highest BCUT2D eigenvalue weighted by Crippen LogP contribution is 2.23. The van der Waals surface area contributed by atoms with Crippen molar-refractivity contribution in [1.29, 1.82) is 0 Å². The monoisotopic (exact) mass is 467 g/mol. The molecule has 35 heavy (non-hydrogen) atoms. The van der Waals surface area contributed by atoms with Crippen LogP contribution in [0.15, 0.2) is 64.2 Å². The molecule has 0 unspecified atom stereocenters. The van der Waals surface area contributed by atoms with Crippen LogP contribution in [-0.4, -0.2) is 34.5 Å². The number of H-pyrrole nitrogens is 2. The van der Waals surface area contributed by atoms with Crippen molar-refractivity contribution < 1.29 is 0 Å². The zero-order chi connectivity index (χ0) is 24.4. The van der Waals surface area contributed by atoms with Crippen LogP contribution in [-0.2, 0) is 6.42 Å². The number of hydrogen-bond donors (Lipinski definition) is 2. The summed E-state index contributed by atoms with van der Waals surface area (Å²) in [5.74, 6) is 0. The van der Waals surface area contributed by atoms with Crippen molar-refractivity contribution in [3.8, 4) is 0 Å². The summed E-state index contributed by atoms with van der Waals surface area (Å²) >= 11 is 0. The van der Waals surface area contributed by atoms with E-state index in [1.165, 1.54) is 25.7 Å². The summed E-state index contributed by atoms with van der Waals surface area (Å²) < 4.78 is 0. The Bertz CT molecular complexity index is 1620. The summed E-state index contributed by atoms with van der Waals surface area (Å²) in [6.07, 6.45) is 5.62. The number of benzene rings is 3. The molecule has 2 heterocycles. The lowest BCUT2D eigenvalue weighted by molar-refractivity contribution is 0.268. The minimum Gasteiger partial charge on any atom is -0.354 e. The molecule has 0 fully saturated rings. The van der Waals surface area contributed by atoms with Gasteiger partial charge in [-0.15, -0.1) is 0 Å². The number of aromatic nitrogens is 2. The van der Waals surface area contributed by atoms with Gasteiger partial charge in [0.2, 0.25) is 0 Å². The Hall–Kier alpha value is -3.44. The number of rotatable bonds is 9. The minimum atomic E-state index is -0.0230. The highest BCUT2D eigenvalue weighted by molar-refractivity contribution is 6.03. The Morgan fingerprint density at radius 1 is 0.657 bits per heavy atom. The molecule has 0 atom stereocenters. The Kier molecular flexibility index (Phi) is 6.69. The molecule has 180 valence electrons. The van der Waals surface area contributed by atoms with Crippen molar-refractivity contribution in [2.75, 3.05) is 19.6 Å². The largest absolute Gasteiger partial charge is 0.354 e. The molecule has 0 saturated heterocycles. The summed E-state index contributed by atoms with van der Waals surface area (Å²) in [6.45, 7) is 7.62. The van der Waals surface area contributed by atoms with E-state index < -0.39 is 0 Å². The summed E-state index contributed by atoms with van der Waals surface area (Å²) in [5.41, 5.74) is 4.07. The van der Waals surface area contributed by atoms with E-state index >= 15 is 0 Å². The lowest BCUT2D eigenvalue weighted by atomic mass is 10.0. The average Bonchev–Trinajstić information content (AvgIpc) is 2.88. The molecule has 5 aromatic rings. The fourth-order valence-electron chi connectivity index (χ4n) is 5.10. The van der Waals surface area contributed by atoms with Crippen molar-refractivity contribution in [2.24, 2.45) is 0 Å². The first kappa shape index (κ1) is 23.3. The predicted molar refractivity (Wildman–Crippen MR) is 148 cm³/mol. The van der Waals surface area contributed by atoms with Crippen molar-refractivity contribution in [2.45, 2.75) is 46.0 Å². The summed E-state index contributed by atoms with van der Waals surface area (Å²) in [5, 5.41) is 2.61. The van der Waals surface area contributed by atoms with Crippen LogP contribution in [0.25, 0.3) is 43.6 Å². The van der Waals surface area contributed by atoms with Gasteiger partial charge in [-0.05, 0) is 68.2 Å². The van der Waals surface area contributed by atoms with Crippen LogP contribution in [0, 0.1) is 0 Å². The maximum Gasteiger partial charge on any atom is 0.197 e. The second-order valence-corrected chi connectivity index (χ2v) is 9.54. The average molecular weight is 468 g/mol. The van der Waals surface area contributed by atoms with Crippen LogP contribution >= 0.6 is 0 Å². The first-order valence-corrected chi connectivity index (χ1v) is 12.9. The van der Waals surface area contributed by atoms with Crippen molar-refractivity contribution >= 4 is 43.6 Å². The molecule has 0 radical (unpaired) electrons. The zero-order valence-electron chi connectivity index (χ0n) is 20.6. The molecule has 5 rings (SSSR count). The SMILES string of the molecule is CCCCN(CCCC)CCc1cccc2[nH]c3cc4c(=O)c5ccccc5[nH]c4cc3c(=O)c12. The third kappa shape index (κ3) is 4.48. The van der Waals surface area contributed by atoms with E-state index in [-0.39, 0.29) is 10.9 Å². The smallest absolute Gasteiger partial charge is 0.197 e. The Morgan fingerprint density at radius 2 is 1.29 bits per heavy atom. The normalized spacial score (nSPS) is 12.0. The molecule has 3 aromatic carbocycles. The van der Waals surface area contributed by atoms with E-state index in [0.717, 1.165) is 48.0 Å². The number of unbranched alkanes of at least 4 members (excludes halogenated alkanes) is 2. The first-order chi connectivity index (χ1) is 17.1. The van der Waals surface area contributed by atoms with E-state index in [2.05, 4.69) is 34.8 Å². The van der Waals surface area contributed by atoms with E-state index in [0.29, 0.717) is 27.2 Å². The Morgan fingerprint density at radius 3 is 2.00 bits per heavy atom. The molecule has 0 aliphatic rings. The van der Waals surface area contributed by atoms with E-state index in [1.807, 2.05) is 48.5 Å². The molecule has 0 aliphatic heterocycles. The maximum atomic E-state index is 13.8. The molecule has 2 N–H and O–H groups in total.